The molecular weight excluding hydrogens is 458 g/mol. The van der Waals surface area contributed by atoms with Crippen LogP contribution in [0.3, 0.4) is 0 Å². The smallest absolute Gasteiger partial charge is 0.258 e. The number of nitrogens with zero attached hydrogens (tertiary/aromatic N) is 2. The van der Waals surface area contributed by atoms with Crippen molar-refractivity contribution < 1.29 is 14.3 Å². The second kappa shape index (κ2) is 9.08. The highest BCUT2D eigenvalue weighted by Crippen LogP contribution is 2.38. The summed E-state index contributed by atoms with van der Waals surface area (Å²) >= 11 is 6.12. The van der Waals surface area contributed by atoms with Crippen molar-refractivity contribution in [2.24, 2.45) is 5.92 Å². The lowest BCUT2D eigenvalue weighted by Gasteiger charge is -2.28. The Morgan fingerprint density at radius 2 is 1.97 bits per heavy atom. The van der Waals surface area contributed by atoms with E-state index in [1.54, 1.807) is 24.3 Å². The second-order valence-electron chi connectivity index (χ2n) is 7.99. The number of fused-ring (bicyclic) bond motifs is 2. The molecule has 172 valence electrons. The molecule has 3 heterocycles. The molecule has 0 saturated heterocycles. The van der Waals surface area contributed by atoms with E-state index in [4.69, 9.17) is 21.1 Å². The molecular formula is C24H20ClN5O4. The number of halogens is 1. The molecule has 3 aromatic rings. The minimum atomic E-state index is -1.09. The third-order valence-corrected chi connectivity index (χ3v) is 5.98. The van der Waals surface area contributed by atoms with Gasteiger partial charge < -0.3 is 20.1 Å². The number of carbonyl (C=O) groups is 1. The zero-order chi connectivity index (χ0) is 23.7. The lowest BCUT2D eigenvalue weighted by Crippen LogP contribution is -2.38. The molecule has 0 bridgehead atoms. The van der Waals surface area contributed by atoms with Crippen molar-refractivity contribution >= 4 is 29.3 Å². The number of amides is 1. The molecule has 0 saturated carbocycles. The van der Waals surface area contributed by atoms with Gasteiger partial charge in [-0.1, -0.05) is 29.8 Å². The Kier molecular flexibility index (Phi) is 5.82. The van der Waals surface area contributed by atoms with Gasteiger partial charge in [0, 0.05) is 23.9 Å². The molecule has 0 radical (unpaired) electrons. The summed E-state index contributed by atoms with van der Waals surface area (Å²) in [7, 11) is 0. The molecule has 0 fully saturated rings. The van der Waals surface area contributed by atoms with Gasteiger partial charge in [-0.05, 0) is 35.4 Å². The first kappa shape index (κ1) is 21.8. The molecule has 34 heavy (non-hydrogen) atoms. The molecule has 5 rings (SSSR count). The Bertz CT molecular complexity index is 1370. The molecule has 0 spiro atoms. The fourth-order valence-corrected chi connectivity index (χ4v) is 4.36. The van der Waals surface area contributed by atoms with Crippen molar-refractivity contribution in [3.05, 3.63) is 74.5 Å². The van der Waals surface area contributed by atoms with Crippen molar-refractivity contribution in [2.75, 3.05) is 23.8 Å². The van der Waals surface area contributed by atoms with E-state index >= 15 is 0 Å². The van der Waals surface area contributed by atoms with E-state index in [9.17, 15) is 14.9 Å². The molecule has 1 amide bonds. The maximum absolute atomic E-state index is 13.1. The average Bonchev–Trinajstić information content (AvgIpc) is 3.07. The third-order valence-electron chi connectivity index (χ3n) is 5.74. The fourth-order valence-electron chi connectivity index (χ4n) is 4.16. The van der Waals surface area contributed by atoms with Crippen LogP contribution >= 0.6 is 11.6 Å². The molecule has 2 aliphatic heterocycles. The SMILES string of the molecule is N#CC1C(=O)Nc2nc(NCc3ccc4c(c3)OCCCO4)[nH]c(=O)c2C1c1cccc(Cl)c1. The summed E-state index contributed by atoms with van der Waals surface area (Å²) in [5.74, 6) is -0.727. The van der Waals surface area contributed by atoms with Crippen LogP contribution in [0, 0.1) is 17.2 Å². The number of ether oxygens (including phenoxy) is 2. The molecule has 9 nitrogen and oxygen atoms in total. The van der Waals surface area contributed by atoms with E-state index in [0.717, 1.165) is 12.0 Å². The van der Waals surface area contributed by atoms with E-state index in [0.29, 0.717) is 41.8 Å². The summed E-state index contributed by atoms with van der Waals surface area (Å²) in [6.45, 7) is 1.55. The molecule has 2 atom stereocenters. The predicted molar refractivity (Wildman–Crippen MR) is 125 cm³/mol. The van der Waals surface area contributed by atoms with Crippen LogP contribution in [0.25, 0.3) is 0 Å². The minimum Gasteiger partial charge on any atom is -0.490 e. The Morgan fingerprint density at radius 3 is 2.76 bits per heavy atom. The zero-order valence-electron chi connectivity index (χ0n) is 17.9. The number of rotatable bonds is 4. The van der Waals surface area contributed by atoms with Crippen LogP contribution < -0.4 is 25.7 Å². The monoisotopic (exact) mass is 477 g/mol. The van der Waals surface area contributed by atoms with Crippen molar-refractivity contribution in [3.8, 4) is 17.6 Å². The number of H-pyrrole nitrogens is 1. The molecule has 3 N–H and O–H groups in total. The first-order valence-electron chi connectivity index (χ1n) is 10.8. The number of aromatic amines is 1. The summed E-state index contributed by atoms with van der Waals surface area (Å²) in [6, 6.07) is 14.4. The third kappa shape index (κ3) is 4.16. The standard InChI is InChI=1S/C24H20ClN5O4/c25-15-4-1-3-14(10-15)19-16(11-26)22(31)28-21-20(19)23(32)30-24(29-21)27-12-13-5-6-17-18(9-13)34-8-2-7-33-17/h1,3-6,9-10,16,19H,2,7-8,12H2,(H3,27,28,29,30,31,32). The van der Waals surface area contributed by atoms with Gasteiger partial charge in [-0.25, -0.2) is 0 Å². The van der Waals surface area contributed by atoms with Crippen LogP contribution in [0.5, 0.6) is 11.5 Å². The Hall–Kier alpha value is -4.03. The number of hydrogen-bond acceptors (Lipinski definition) is 7. The normalized spacial score (nSPS) is 18.8. The van der Waals surface area contributed by atoms with Crippen LogP contribution in [0.4, 0.5) is 11.8 Å². The molecule has 2 unspecified atom stereocenters. The molecule has 1 aromatic heterocycles. The topological polar surface area (TPSA) is 129 Å². The second-order valence-corrected chi connectivity index (χ2v) is 8.43. The molecule has 10 heteroatoms. The van der Waals surface area contributed by atoms with E-state index in [1.165, 1.54) is 0 Å². The van der Waals surface area contributed by atoms with Crippen LogP contribution in [0.1, 0.15) is 29.0 Å². The van der Waals surface area contributed by atoms with Crippen LogP contribution in [-0.4, -0.2) is 29.1 Å². The Balaban J connectivity index is 1.44. The van der Waals surface area contributed by atoms with Crippen LogP contribution in [0.15, 0.2) is 47.3 Å². The van der Waals surface area contributed by atoms with Gasteiger partial charge in [0.1, 0.15) is 11.7 Å². The van der Waals surface area contributed by atoms with Gasteiger partial charge in [-0.15, -0.1) is 0 Å². The molecule has 0 aliphatic carbocycles. The quantitative estimate of drug-likeness (QED) is 0.525. The predicted octanol–water partition coefficient (Wildman–Crippen LogP) is 3.42. The van der Waals surface area contributed by atoms with Gasteiger partial charge in [-0.3, -0.25) is 14.6 Å². The number of nitriles is 1. The van der Waals surface area contributed by atoms with Crippen LogP contribution in [-0.2, 0) is 11.3 Å². The van der Waals surface area contributed by atoms with Gasteiger partial charge in [-0.2, -0.15) is 10.2 Å². The highest BCUT2D eigenvalue weighted by molar-refractivity contribution is 6.30. The van der Waals surface area contributed by atoms with Gasteiger partial charge in [0.25, 0.3) is 5.56 Å². The van der Waals surface area contributed by atoms with E-state index in [1.807, 2.05) is 24.3 Å². The highest BCUT2D eigenvalue weighted by atomic mass is 35.5. The maximum atomic E-state index is 13.1. The van der Waals surface area contributed by atoms with Crippen LogP contribution in [0.2, 0.25) is 5.02 Å². The Morgan fingerprint density at radius 1 is 1.15 bits per heavy atom. The van der Waals surface area contributed by atoms with E-state index in [2.05, 4.69) is 20.6 Å². The fraction of sp³-hybridized carbons (Fsp3) is 0.250. The first-order chi connectivity index (χ1) is 16.5. The molecule has 2 aromatic carbocycles. The van der Waals surface area contributed by atoms with Gasteiger partial charge >= 0.3 is 0 Å². The maximum Gasteiger partial charge on any atom is 0.258 e. The van der Waals surface area contributed by atoms with Gasteiger partial charge in [0.05, 0.1) is 24.8 Å². The zero-order valence-corrected chi connectivity index (χ0v) is 18.7. The minimum absolute atomic E-state index is 0.117. The molecule has 2 aliphatic rings. The highest BCUT2D eigenvalue weighted by Gasteiger charge is 2.40. The number of benzene rings is 2. The largest absolute Gasteiger partial charge is 0.490 e. The Labute approximate surface area is 199 Å². The summed E-state index contributed by atoms with van der Waals surface area (Å²) in [5.41, 5.74) is 1.26. The number of hydrogen-bond donors (Lipinski definition) is 3. The average molecular weight is 478 g/mol. The van der Waals surface area contributed by atoms with Gasteiger partial charge in [0.2, 0.25) is 11.9 Å². The van der Waals surface area contributed by atoms with Crippen molar-refractivity contribution in [3.63, 3.8) is 0 Å². The van der Waals surface area contributed by atoms with E-state index < -0.39 is 23.3 Å². The number of aromatic nitrogens is 2. The van der Waals surface area contributed by atoms with Crippen molar-refractivity contribution in [1.29, 1.82) is 5.26 Å². The van der Waals surface area contributed by atoms with E-state index in [-0.39, 0.29) is 17.3 Å². The van der Waals surface area contributed by atoms with Crippen molar-refractivity contribution in [1.82, 2.24) is 9.97 Å². The van der Waals surface area contributed by atoms with Crippen molar-refractivity contribution in [2.45, 2.75) is 18.9 Å². The summed E-state index contributed by atoms with van der Waals surface area (Å²) in [6.07, 6.45) is 0.817. The number of carbonyl (C=O) groups excluding carboxylic acids is 1. The number of anilines is 2. The summed E-state index contributed by atoms with van der Waals surface area (Å²) in [4.78, 5) is 32.9. The lowest BCUT2D eigenvalue weighted by atomic mass is 9.79. The summed E-state index contributed by atoms with van der Waals surface area (Å²) < 4.78 is 11.4. The number of nitrogens with one attached hydrogen (secondary N) is 3. The van der Waals surface area contributed by atoms with Gasteiger partial charge in [0.15, 0.2) is 11.5 Å². The summed E-state index contributed by atoms with van der Waals surface area (Å²) in [5, 5.41) is 15.8. The first-order valence-corrected chi connectivity index (χ1v) is 11.1. The lowest BCUT2D eigenvalue weighted by molar-refractivity contribution is -0.119.